The standard InChI is InChI=1S/C19H31NO3S/c1-14(2)15(3)10-20-11-16(4)17(12-20)13-23-18-6-8-19(9-7-18)24(5,21)22/h6-9,14-17H,10-13H2,1-5H3. The molecule has 1 heterocycles. The minimum Gasteiger partial charge on any atom is -0.493 e. The maximum Gasteiger partial charge on any atom is 0.175 e. The second-order valence-electron chi connectivity index (χ2n) is 7.73. The molecule has 0 aliphatic carbocycles. The summed E-state index contributed by atoms with van der Waals surface area (Å²) in [4.78, 5) is 2.88. The van der Waals surface area contributed by atoms with Crippen LogP contribution in [0.4, 0.5) is 0 Å². The summed E-state index contributed by atoms with van der Waals surface area (Å²) < 4.78 is 28.9. The van der Waals surface area contributed by atoms with Gasteiger partial charge in [0, 0.05) is 31.8 Å². The lowest BCUT2D eigenvalue weighted by Gasteiger charge is -2.23. The Morgan fingerprint density at radius 3 is 2.33 bits per heavy atom. The molecule has 1 aromatic rings. The summed E-state index contributed by atoms with van der Waals surface area (Å²) >= 11 is 0. The van der Waals surface area contributed by atoms with Crippen molar-refractivity contribution in [1.29, 1.82) is 0 Å². The Balaban J connectivity index is 1.86. The first kappa shape index (κ1) is 19.3. The van der Waals surface area contributed by atoms with Gasteiger partial charge >= 0.3 is 0 Å². The van der Waals surface area contributed by atoms with Gasteiger partial charge in [0.2, 0.25) is 0 Å². The fraction of sp³-hybridized carbons (Fsp3) is 0.684. The van der Waals surface area contributed by atoms with E-state index in [1.807, 2.05) is 0 Å². The summed E-state index contributed by atoms with van der Waals surface area (Å²) in [5, 5.41) is 0. The Morgan fingerprint density at radius 2 is 1.79 bits per heavy atom. The number of nitrogens with zero attached hydrogens (tertiary/aromatic N) is 1. The van der Waals surface area contributed by atoms with Gasteiger partial charge in [-0.15, -0.1) is 0 Å². The van der Waals surface area contributed by atoms with Crippen molar-refractivity contribution in [3.8, 4) is 5.75 Å². The Hall–Kier alpha value is -1.07. The van der Waals surface area contributed by atoms with Crippen LogP contribution >= 0.6 is 0 Å². The van der Waals surface area contributed by atoms with Gasteiger partial charge in [-0.1, -0.05) is 27.7 Å². The van der Waals surface area contributed by atoms with Gasteiger partial charge in [-0.3, -0.25) is 0 Å². The number of sulfone groups is 1. The van der Waals surface area contributed by atoms with Crippen LogP contribution in [0, 0.1) is 23.7 Å². The number of hydrogen-bond donors (Lipinski definition) is 0. The third-order valence-electron chi connectivity index (χ3n) is 5.24. The number of hydrogen-bond acceptors (Lipinski definition) is 4. The van der Waals surface area contributed by atoms with E-state index in [2.05, 4.69) is 32.6 Å². The van der Waals surface area contributed by atoms with E-state index in [-0.39, 0.29) is 0 Å². The summed E-state index contributed by atoms with van der Waals surface area (Å²) in [6.07, 6.45) is 1.22. The molecule has 4 nitrogen and oxygen atoms in total. The van der Waals surface area contributed by atoms with Crippen molar-refractivity contribution >= 4 is 9.84 Å². The van der Waals surface area contributed by atoms with Crippen molar-refractivity contribution in [2.75, 3.05) is 32.5 Å². The molecular formula is C19H31NO3S. The topological polar surface area (TPSA) is 46.6 Å². The molecule has 0 amide bonds. The summed E-state index contributed by atoms with van der Waals surface area (Å²) in [6, 6.07) is 6.71. The molecule has 3 unspecified atom stereocenters. The maximum atomic E-state index is 11.5. The minimum atomic E-state index is -3.15. The molecule has 0 spiro atoms. The summed E-state index contributed by atoms with van der Waals surface area (Å²) in [5.74, 6) is 3.31. The van der Waals surface area contributed by atoms with Gasteiger partial charge in [0.05, 0.1) is 11.5 Å². The molecule has 0 N–H and O–H groups in total. The third-order valence-corrected chi connectivity index (χ3v) is 6.37. The Morgan fingerprint density at radius 1 is 1.17 bits per heavy atom. The predicted octanol–water partition coefficient (Wildman–Crippen LogP) is 3.33. The molecule has 1 aromatic carbocycles. The Bertz CT molecular complexity index is 625. The van der Waals surface area contributed by atoms with E-state index in [9.17, 15) is 8.42 Å². The lowest BCUT2D eigenvalue weighted by molar-refractivity contribution is 0.213. The largest absolute Gasteiger partial charge is 0.493 e. The number of rotatable bonds is 7. The average Bonchev–Trinajstić information content (AvgIpc) is 2.84. The molecular weight excluding hydrogens is 322 g/mol. The van der Waals surface area contributed by atoms with Gasteiger partial charge in [-0.2, -0.15) is 0 Å². The molecule has 136 valence electrons. The van der Waals surface area contributed by atoms with Crippen molar-refractivity contribution in [3.05, 3.63) is 24.3 Å². The Labute approximate surface area is 147 Å². The van der Waals surface area contributed by atoms with E-state index in [0.29, 0.717) is 35.2 Å². The van der Waals surface area contributed by atoms with Crippen molar-refractivity contribution in [2.24, 2.45) is 23.7 Å². The van der Waals surface area contributed by atoms with Crippen LogP contribution in [0.3, 0.4) is 0 Å². The van der Waals surface area contributed by atoms with Crippen LogP contribution in [0.15, 0.2) is 29.2 Å². The van der Waals surface area contributed by atoms with Crippen LogP contribution < -0.4 is 4.74 Å². The van der Waals surface area contributed by atoms with Crippen LogP contribution in [0.1, 0.15) is 27.7 Å². The quantitative estimate of drug-likeness (QED) is 0.754. The fourth-order valence-electron chi connectivity index (χ4n) is 3.11. The second-order valence-corrected chi connectivity index (χ2v) is 9.75. The first-order valence-corrected chi connectivity index (χ1v) is 10.7. The van der Waals surface area contributed by atoms with Crippen LogP contribution in [0.5, 0.6) is 5.75 Å². The summed E-state index contributed by atoms with van der Waals surface area (Å²) in [7, 11) is -3.15. The van der Waals surface area contributed by atoms with Gasteiger partial charge in [-0.25, -0.2) is 8.42 Å². The van der Waals surface area contributed by atoms with E-state index in [1.54, 1.807) is 24.3 Å². The molecule has 0 aromatic heterocycles. The molecule has 1 fully saturated rings. The SMILES string of the molecule is CC(C)C(C)CN1CC(C)C(COc2ccc(S(C)(=O)=O)cc2)C1. The predicted molar refractivity (Wildman–Crippen MR) is 98.1 cm³/mol. The lowest BCUT2D eigenvalue weighted by Crippen LogP contribution is -2.29. The molecule has 1 saturated heterocycles. The van der Waals surface area contributed by atoms with Gasteiger partial charge in [-0.05, 0) is 42.0 Å². The van der Waals surface area contributed by atoms with Crippen molar-refractivity contribution < 1.29 is 13.2 Å². The van der Waals surface area contributed by atoms with Crippen molar-refractivity contribution in [2.45, 2.75) is 32.6 Å². The average molecular weight is 354 g/mol. The highest BCUT2D eigenvalue weighted by Gasteiger charge is 2.31. The lowest BCUT2D eigenvalue weighted by atomic mass is 9.98. The van der Waals surface area contributed by atoms with E-state index in [0.717, 1.165) is 25.4 Å². The molecule has 0 saturated carbocycles. The van der Waals surface area contributed by atoms with E-state index < -0.39 is 9.84 Å². The van der Waals surface area contributed by atoms with E-state index in [1.165, 1.54) is 6.26 Å². The van der Waals surface area contributed by atoms with E-state index >= 15 is 0 Å². The zero-order valence-corrected chi connectivity index (χ0v) is 16.3. The third kappa shape index (κ3) is 5.21. The van der Waals surface area contributed by atoms with Crippen LogP contribution in [-0.4, -0.2) is 45.8 Å². The fourth-order valence-corrected chi connectivity index (χ4v) is 3.74. The molecule has 24 heavy (non-hydrogen) atoms. The number of ether oxygens (including phenoxy) is 1. The normalized spacial score (nSPS) is 23.6. The highest BCUT2D eigenvalue weighted by Crippen LogP contribution is 2.26. The van der Waals surface area contributed by atoms with Gasteiger partial charge in [0.15, 0.2) is 9.84 Å². The first-order valence-electron chi connectivity index (χ1n) is 8.82. The smallest absolute Gasteiger partial charge is 0.175 e. The molecule has 1 aliphatic rings. The van der Waals surface area contributed by atoms with Gasteiger partial charge < -0.3 is 9.64 Å². The zero-order valence-electron chi connectivity index (χ0n) is 15.5. The number of benzene rings is 1. The molecule has 0 bridgehead atoms. The number of likely N-dealkylation sites (tertiary alicyclic amines) is 1. The maximum absolute atomic E-state index is 11.5. The second kappa shape index (κ2) is 7.87. The van der Waals surface area contributed by atoms with Crippen LogP contribution in [0.25, 0.3) is 0 Å². The van der Waals surface area contributed by atoms with Gasteiger partial charge in [0.25, 0.3) is 0 Å². The van der Waals surface area contributed by atoms with E-state index in [4.69, 9.17) is 4.74 Å². The molecule has 5 heteroatoms. The van der Waals surface area contributed by atoms with Crippen molar-refractivity contribution in [3.63, 3.8) is 0 Å². The van der Waals surface area contributed by atoms with Crippen molar-refractivity contribution in [1.82, 2.24) is 4.90 Å². The Kier molecular flexibility index (Phi) is 6.32. The summed E-state index contributed by atoms with van der Waals surface area (Å²) in [5.41, 5.74) is 0. The molecule has 2 rings (SSSR count). The van der Waals surface area contributed by atoms with Crippen LogP contribution in [0.2, 0.25) is 0 Å². The monoisotopic (exact) mass is 353 g/mol. The zero-order chi connectivity index (χ0) is 17.9. The minimum absolute atomic E-state index is 0.331. The molecule has 3 atom stereocenters. The molecule has 0 radical (unpaired) electrons. The van der Waals surface area contributed by atoms with Gasteiger partial charge in [0.1, 0.15) is 5.75 Å². The molecule has 1 aliphatic heterocycles. The summed E-state index contributed by atoms with van der Waals surface area (Å²) in [6.45, 7) is 13.2. The first-order chi connectivity index (χ1) is 11.2. The highest BCUT2D eigenvalue weighted by molar-refractivity contribution is 7.90. The van der Waals surface area contributed by atoms with Crippen LogP contribution in [-0.2, 0) is 9.84 Å². The highest BCUT2D eigenvalue weighted by atomic mass is 32.2.